The van der Waals surface area contributed by atoms with Gasteiger partial charge in [-0.25, -0.2) is 4.39 Å². The fraction of sp³-hybridized carbons (Fsp3) is 0.273. The average molecular weight is 300 g/mol. The molecule has 0 atom stereocenters. The predicted molar refractivity (Wildman–Crippen MR) is 65.2 cm³/mol. The van der Waals surface area contributed by atoms with E-state index in [1.54, 1.807) is 13.0 Å². The van der Waals surface area contributed by atoms with Gasteiger partial charge in [-0.3, -0.25) is 0 Å². The molecule has 0 saturated carbocycles. The summed E-state index contributed by atoms with van der Waals surface area (Å²) in [5.41, 5.74) is 1.66. The van der Waals surface area contributed by atoms with Gasteiger partial charge in [-0.15, -0.1) is 0 Å². The van der Waals surface area contributed by atoms with E-state index < -0.39 is 0 Å². The van der Waals surface area contributed by atoms with Crippen LogP contribution < -0.4 is 5.32 Å². The molecule has 90 valence electrons. The van der Waals surface area contributed by atoms with E-state index in [4.69, 9.17) is 4.52 Å². The van der Waals surface area contributed by atoms with Gasteiger partial charge in [0.05, 0.1) is 11.0 Å². The summed E-state index contributed by atoms with van der Waals surface area (Å²) in [5.74, 6) is 0.758. The zero-order chi connectivity index (χ0) is 12.4. The van der Waals surface area contributed by atoms with Crippen molar-refractivity contribution in [1.29, 1.82) is 0 Å². The Balaban J connectivity index is 2.11. The third-order valence-corrected chi connectivity index (χ3v) is 2.88. The second-order valence-corrected chi connectivity index (χ2v) is 4.52. The molecule has 1 aromatic carbocycles. The van der Waals surface area contributed by atoms with Crippen LogP contribution in [0, 0.1) is 19.7 Å². The van der Waals surface area contributed by atoms with E-state index in [0.717, 1.165) is 5.56 Å². The number of halogens is 2. The van der Waals surface area contributed by atoms with Crippen LogP contribution in [0.5, 0.6) is 0 Å². The van der Waals surface area contributed by atoms with E-state index in [9.17, 15) is 4.39 Å². The molecule has 2 aromatic rings. The summed E-state index contributed by atoms with van der Waals surface area (Å²) in [7, 11) is 0. The first-order valence-corrected chi connectivity index (χ1v) is 5.84. The van der Waals surface area contributed by atoms with Crippen LogP contribution in [0.2, 0.25) is 0 Å². The van der Waals surface area contributed by atoms with Crippen LogP contribution in [0.1, 0.15) is 17.3 Å². The molecule has 0 amide bonds. The maximum Gasteiger partial charge on any atom is 0.223 e. The van der Waals surface area contributed by atoms with Gasteiger partial charge >= 0.3 is 0 Å². The Kier molecular flexibility index (Phi) is 3.42. The SMILES string of the molecule is Cc1nc(CNc2cc(F)c(Br)cc2C)no1. The van der Waals surface area contributed by atoms with Gasteiger partial charge in [0.25, 0.3) is 0 Å². The molecule has 4 nitrogen and oxygen atoms in total. The van der Waals surface area contributed by atoms with Gasteiger partial charge in [-0.05, 0) is 40.5 Å². The van der Waals surface area contributed by atoms with Crippen molar-refractivity contribution in [3.63, 3.8) is 0 Å². The van der Waals surface area contributed by atoms with Gasteiger partial charge < -0.3 is 9.84 Å². The first-order chi connectivity index (χ1) is 8.06. The fourth-order valence-electron chi connectivity index (χ4n) is 1.42. The van der Waals surface area contributed by atoms with Gasteiger partial charge in [0, 0.05) is 12.6 Å². The number of nitrogens with one attached hydrogen (secondary N) is 1. The molecule has 2 rings (SSSR count). The second-order valence-electron chi connectivity index (χ2n) is 3.66. The fourth-order valence-corrected chi connectivity index (χ4v) is 1.88. The quantitative estimate of drug-likeness (QED) is 0.945. The highest BCUT2D eigenvalue weighted by molar-refractivity contribution is 9.10. The number of anilines is 1. The maximum atomic E-state index is 13.4. The molecule has 0 unspecified atom stereocenters. The highest BCUT2D eigenvalue weighted by atomic mass is 79.9. The van der Waals surface area contributed by atoms with Crippen LogP contribution >= 0.6 is 15.9 Å². The lowest BCUT2D eigenvalue weighted by molar-refractivity contribution is 0.388. The minimum absolute atomic E-state index is 0.303. The van der Waals surface area contributed by atoms with E-state index in [1.807, 2.05) is 6.92 Å². The predicted octanol–water partition coefficient (Wildman–Crippen LogP) is 3.20. The minimum Gasteiger partial charge on any atom is -0.377 e. The Hall–Kier alpha value is -1.43. The Morgan fingerprint density at radius 2 is 2.18 bits per heavy atom. The summed E-state index contributed by atoms with van der Waals surface area (Å²) in [6, 6.07) is 3.16. The van der Waals surface area contributed by atoms with Gasteiger partial charge in [-0.1, -0.05) is 5.16 Å². The third kappa shape index (κ3) is 2.82. The summed E-state index contributed by atoms with van der Waals surface area (Å²) in [6.07, 6.45) is 0. The number of hydrogen-bond donors (Lipinski definition) is 1. The van der Waals surface area contributed by atoms with E-state index in [-0.39, 0.29) is 5.82 Å². The van der Waals surface area contributed by atoms with E-state index in [2.05, 4.69) is 31.4 Å². The number of aryl methyl sites for hydroxylation is 2. The molecule has 0 radical (unpaired) electrons. The summed E-state index contributed by atoms with van der Waals surface area (Å²) < 4.78 is 18.7. The van der Waals surface area contributed by atoms with Crippen LogP contribution in [0.4, 0.5) is 10.1 Å². The Morgan fingerprint density at radius 3 is 2.82 bits per heavy atom. The lowest BCUT2D eigenvalue weighted by Gasteiger charge is -2.08. The van der Waals surface area contributed by atoms with Crippen LogP contribution in [-0.4, -0.2) is 10.1 Å². The molecule has 17 heavy (non-hydrogen) atoms. The van der Waals surface area contributed by atoms with Crippen molar-refractivity contribution in [3.05, 3.63) is 39.7 Å². The van der Waals surface area contributed by atoms with E-state index in [0.29, 0.717) is 28.4 Å². The number of aromatic nitrogens is 2. The van der Waals surface area contributed by atoms with Gasteiger partial charge in [0.15, 0.2) is 5.82 Å². The van der Waals surface area contributed by atoms with Crippen LogP contribution in [0.25, 0.3) is 0 Å². The molecule has 1 heterocycles. The second kappa shape index (κ2) is 4.83. The van der Waals surface area contributed by atoms with E-state index >= 15 is 0 Å². The zero-order valence-corrected chi connectivity index (χ0v) is 11.0. The largest absolute Gasteiger partial charge is 0.377 e. The molecule has 6 heteroatoms. The van der Waals surface area contributed by atoms with Crippen molar-refractivity contribution in [2.24, 2.45) is 0 Å². The van der Waals surface area contributed by atoms with Gasteiger partial charge in [0.1, 0.15) is 5.82 Å². The molecule has 0 spiro atoms. The highest BCUT2D eigenvalue weighted by Gasteiger charge is 2.07. The monoisotopic (exact) mass is 299 g/mol. The first-order valence-electron chi connectivity index (χ1n) is 5.05. The van der Waals surface area contributed by atoms with Crippen molar-refractivity contribution >= 4 is 21.6 Å². The molecule has 0 fully saturated rings. The van der Waals surface area contributed by atoms with Crippen LogP contribution in [-0.2, 0) is 6.54 Å². The van der Waals surface area contributed by atoms with Crippen LogP contribution in [0.15, 0.2) is 21.1 Å². The van der Waals surface area contributed by atoms with E-state index in [1.165, 1.54) is 6.07 Å². The summed E-state index contributed by atoms with van der Waals surface area (Å²) in [5, 5.41) is 6.81. The molecule has 0 saturated heterocycles. The minimum atomic E-state index is -0.303. The van der Waals surface area contributed by atoms with Gasteiger partial charge in [-0.2, -0.15) is 4.98 Å². The molecular weight excluding hydrogens is 289 g/mol. The Bertz CT molecular complexity index is 542. The first kappa shape index (κ1) is 12.0. The Labute approximate surface area is 106 Å². The third-order valence-electron chi connectivity index (χ3n) is 2.27. The Morgan fingerprint density at radius 1 is 1.41 bits per heavy atom. The van der Waals surface area contributed by atoms with Crippen molar-refractivity contribution in [2.45, 2.75) is 20.4 Å². The topological polar surface area (TPSA) is 51.0 Å². The smallest absolute Gasteiger partial charge is 0.223 e. The number of benzene rings is 1. The molecular formula is C11H11BrFN3O. The van der Waals surface area contributed by atoms with Crippen LogP contribution in [0.3, 0.4) is 0 Å². The normalized spacial score (nSPS) is 10.6. The lowest BCUT2D eigenvalue weighted by atomic mass is 10.2. The average Bonchev–Trinajstić information content (AvgIpc) is 2.68. The lowest BCUT2D eigenvalue weighted by Crippen LogP contribution is -2.03. The highest BCUT2D eigenvalue weighted by Crippen LogP contribution is 2.24. The summed E-state index contributed by atoms with van der Waals surface area (Å²) in [6.45, 7) is 4.02. The molecule has 0 bridgehead atoms. The summed E-state index contributed by atoms with van der Waals surface area (Å²) >= 11 is 3.14. The van der Waals surface area contributed by atoms with Crippen molar-refractivity contribution < 1.29 is 8.91 Å². The number of rotatable bonds is 3. The molecule has 1 N–H and O–H groups in total. The number of hydrogen-bond acceptors (Lipinski definition) is 4. The molecule has 1 aromatic heterocycles. The molecule has 0 aliphatic carbocycles. The molecule has 0 aliphatic rings. The standard InChI is InChI=1S/C11H11BrFN3O/c1-6-3-8(12)9(13)4-10(6)14-5-11-15-7(2)17-16-11/h3-4,14H,5H2,1-2H3. The van der Waals surface area contributed by atoms with Gasteiger partial charge in [0.2, 0.25) is 5.89 Å². The summed E-state index contributed by atoms with van der Waals surface area (Å²) in [4.78, 5) is 4.05. The van der Waals surface area contributed by atoms with Crippen molar-refractivity contribution in [2.75, 3.05) is 5.32 Å². The number of nitrogens with zero attached hydrogens (tertiary/aromatic N) is 2. The maximum absolute atomic E-state index is 13.4. The zero-order valence-electron chi connectivity index (χ0n) is 9.42. The van der Waals surface area contributed by atoms with Crippen molar-refractivity contribution in [1.82, 2.24) is 10.1 Å². The van der Waals surface area contributed by atoms with Crippen molar-refractivity contribution in [3.8, 4) is 0 Å². The molecule has 0 aliphatic heterocycles.